The minimum Gasteiger partial charge on any atom is -0.493 e. The molecule has 1 atom stereocenters. The lowest BCUT2D eigenvalue weighted by atomic mass is 9.90. The summed E-state index contributed by atoms with van der Waals surface area (Å²) in [6.45, 7) is 3.27. The predicted octanol–water partition coefficient (Wildman–Crippen LogP) is 6.23. The highest BCUT2D eigenvalue weighted by Crippen LogP contribution is 2.34. The van der Waals surface area contributed by atoms with Gasteiger partial charge in [-0.05, 0) is 54.5 Å². The summed E-state index contributed by atoms with van der Waals surface area (Å²) in [7, 11) is 0. The van der Waals surface area contributed by atoms with Crippen LogP contribution in [0.1, 0.15) is 87.0 Å². The van der Waals surface area contributed by atoms with Gasteiger partial charge in [-0.3, -0.25) is 10.1 Å². The first-order chi connectivity index (χ1) is 16.6. The summed E-state index contributed by atoms with van der Waals surface area (Å²) in [5.41, 5.74) is 3.37. The first kappa shape index (κ1) is 24.1. The van der Waals surface area contributed by atoms with Crippen LogP contribution in [0.25, 0.3) is 0 Å². The molecule has 1 saturated heterocycles. The monoisotopic (exact) mass is 465 g/mol. The van der Waals surface area contributed by atoms with E-state index in [4.69, 9.17) is 14.2 Å². The fraction of sp³-hybridized carbons (Fsp3) is 0.500. The van der Waals surface area contributed by atoms with Crippen molar-refractivity contribution in [3.8, 4) is 11.5 Å². The molecule has 6 heteroatoms. The van der Waals surface area contributed by atoms with Gasteiger partial charge in [0.25, 0.3) is 5.91 Å². The summed E-state index contributed by atoms with van der Waals surface area (Å²) in [5.74, 6) is 1.85. The van der Waals surface area contributed by atoms with Gasteiger partial charge in [-0.1, -0.05) is 63.3 Å². The van der Waals surface area contributed by atoms with E-state index in [0.717, 1.165) is 25.0 Å². The fourth-order valence-electron chi connectivity index (χ4n) is 4.85. The summed E-state index contributed by atoms with van der Waals surface area (Å²) in [6, 6.07) is 13.9. The lowest BCUT2D eigenvalue weighted by Gasteiger charge is -2.18. The predicted molar refractivity (Wildman–Crippen MR) is 130 cm³/mol. The maximum Gasteiger partial charge on any atom is 0.415 e. The standard InChI is InChI=1S/C28H35NO5/c1-2-9-22-18-21(20-10-5-3-4-6-11-20)14-15-25(22)33-17-8-16-32-24-13-7-12-23(19-24)26-27(30)29-28(31)34-26/h7,12-15,18-20,26H,2-6,8-11,16-17H2,1H3,(H,29,30,31)/t26-/m0/s1. The molecule has 0 radical (unpaired) electrons. The Bertz CT molecular complexity index is 981. The van der Waals surface area contributed by atoms with Crippen LogP contribution in [0.2, 0.25) is 0 Å². The van der Waals surface area contributed by atoms with Crippen molar-refractivity contribution in [3.05, 3.63) is 59.2 Å². The number of imide groups is 1. The quantitative estimate of drug-likeness (QED) is 0.332. The molecule has 1 aliphatic carbocycles. The molecule has 2 aromatic rings. The van der Waals surface area contributed by atoms with Gasteiger partial charge in [-0.2, -0.15) is 0 Å². The molecule has 0 aromatic heterocycles. The molecule has 1 aliphatic heterocycles. The van der Waals surface area contributed by atoms with Crippen molar-refractivity contribution in [1.82, 2.24) is 5.32 Å². The normalized spacial score (nSPS) is 18.8. The first-order valence-electron chi connectivity index (χ1n) is 12.6. The largest absolute Gasteiger partial charge is 0.493 e. The average molecular weight is 466 g/mol. The molecule has 2 aromatic carbocycles. The van der Waals surface area contributed by atoms with Crippen LogP contribution in [-0.4, -0.2) is 25.2 Å². The molecule has 4 rings (SSSR count). The van der Waals surface area contributed by atoms with E-state index in [2.05, 4.69) is 30.4 Å². The van der Waals surface area contributed by atoms with Crippen LogP contribution in [-0.2, 0) is 16.0 Å². The summed E-state index contributed by atoms with van der Waals surface area (Å²) < 4.78 is 17.0. The third-order valence-electron chi connectivity index (χ3n) is 6.59. The Hall–Kier alpha value is -3.02. The third kappa shape index (κ3) is 6.31. The number of carbonyl (C=O) groups is 2. The summed E-state index contributed by atoms with van der Waals surface area (Å²) in [6.07, 6.45) is 9.25. The summed E-state index contributed by atoms with van der Waals surface area (Å²) in [4.78, 5) is 23.1. The zero-order chi connectivity index (χ0) is 23.8. The first-order valence-corrected chi connectivity index (χ1v) is 12.6. The molecule has 0 spiro atoms. The van der Waals surface area contributed by atoms with Crippen LogP contribution in [0.3, 0.4) is 0 Å². The highest BCUT2D eigenvalue weighted by Gasteiger charge is 2.33. The van der Waals surface area contributed by atoms with Gasteiger partial charge in [0.15, 0.2) is 0 Å². The Labute approximate surface area is 202 Å². The third-order valence-corrected chi connectivity index (χ3v) is 6.59. The van der Waals surface area contributed by atoms with Crippen molar-refractivity contribution >= 4 is 12.0 Å². The van der Waals surface area contributed by atoms with Gasteiger partial charge in [-0.15, -0.1) is 0 Å². The number of nitrogens with one attached hydrogen (secondary N) is 1. The molecule has 1 N–H and O–H groups in total. The van der Waals surface area contributed by atoms with Gasteiger partial charge in [0.05, 0.1) is 13.2 Å². The van der Waals surface area contributed by atoms with Gasteiger partial charge < -0.3 is 14.2 Å². The van der Waals surface area contributed by atoms with Gasteiger partial charge in [0, 0.05) is 12.0 Å². The van der Waals surface area contributed by atoms with Crippen molar-refractivity contribution in [3.63, 3.8) is 0 Å². The number of alkyl carbamates (subject to hydrolysis) is 1. The molecular weight excluding hydrogens is 430 g/mol. The second-order valence-electron chi connectivity index (χ2n) is 9.20. The van der Waals surface area contributed by atoms with Gasteiger partial charge in [0.2, 0.25) is 6.10 Å². The number of ether oxygens (including phenoxy) is 3. The van der Waals surface area contributed by atoms with Crippen LogP contribution in [0.15, 0.2) is 42.5 Å². The SMILES string of the molecule is CCCc1cc(C2CCCCCC2)ccc1OCCCOc1cccc([C@@H]2OC(=O)NC2=O)c1. The highest BCUT2D eigenvalue weighted by molar-refractivity contribution is 6.00. The van der Waals surface area contributed by atoms with Crippen molar-refractivity contribution in [1.29, 1.82) is 0 Å². The van der Waals surface area contributed by atoms with E-state index in [-0.39, 0.29) is 0 Å². The van der Waals surface area contributed by atoms with E-state index in [0.29, 0.717) is 30.4 Å². The van der Waals surface area contributed by atoms with E-state index in [9.17, 15) is 9.59 Å². The van der Waals surface area contributed by atoms with Crippen molar-refractivity contribution in [2.45, 2.75) is 76.7 Å². The summed E-state index contributed by atoms with van der Waals surface area (Å²) >= 11 is 0. The maximum atomic E-state index is 11.8. The number of carbonyl (C=O) groups excluding carboxylic acids is 2. The average Bonchev–Trinajstić information content (AvgIpc) is 3.02. The molecular formula is C28H35NO5. The Morgan fingerprint density at radius 2 is 1.74 bits per heavy atom. The highest BCUT2D eigenvalue weighted by atomic mass is 16.6. The lowest BCUT2D eigenvalue weighted by Crippen LogP contribution is -2.20. The number of hydrogen-bond donors (Lipinski definition) is 1. The van der Waals surface area contributed by atoms with E-state index >= 15 is 0 Å². The second kappa shape index (κ2) is 11.9. The number of rotatable bonds is 10. The van der Waals surface area contributed by atoms with E-state index in [1.165, 1.54) is 49.7 Å². The van der Waals surface area contributed by atoms with Crippen LogP contribution in [0, 0.1) is 0 Å². The maximum absolute atomic E-state index is 11.8. The van der Waals surface area contributed by atoms with Crippen LogP contribution < -0.4 is 14.8 Å². The number of benzene rings is 2. The molecule has 1 heterocycles. The summed E-state index contributed by atoms with van der Waals surface area (Å²) in [5, 5.41) is 2.14. The molecule has 2 aliphatic rings. The van der Waals surface area contributed by atoms with Crippen LogP contribution in [0.5, 0.6) is 11.5 Å². The number of hydrogen-bond acceptors (Lipinski definition) is 5. The van der Waals surface area contributed by atoms with Gasteiger partial charge in [0.1, 0.15) is 11.5 Å². The minimum absolute atomic E-state index is 0.455. The topological polar surface area (TPSA) is 73.9 Å². The fourth-order valence-corrected chi connectivity index (χ4v) is 4.85. The Morgan fingerprint density at radius 3 is 2.47 bits per heavy atom. The molecule has 1 saturated carbocycles. The molecule has 2 fully saturated rings. The Kier molecular flexibility index (Phi) is 8.45. The Balaban J connectivity index is 1.27. The van der Waals surface area contributed by atoms with Gasteiger partial charge in [-0.25, -0.2) is 4.79 Å². The van der Waals surface area contributed by atoms with E-state index < -0.39 is 18.1 Å². The molecule has 182 valence electrons. The van der Waals surface area contributed by atoms with Crippen LogP contribution >= 0.6 is 0 Å². The smallest absolute Gasteiger partial charge is 0.415 e. The number of amides is 2. The number of cyclic esters (lactones) is 1. The van der Waals surface area contributed by atoms with Crippen molar-refractivity contribution in [2.24, 2.45) is 0 Å². The van der Waals surface area contributed by atoms with Crippen molar-refractivity contribution < 1.29 is 23.8 Å². The molecule has 6 nitrogen and oxygen atoms in total. The lowest BCUT2D eigenvalue weighted by molar-refractivity contribution is -0.123. The van der Waals surface area contributed by atoms with Gasteiger partial charge >= 0.3 is 6.09 Å². The zero-order valence-corrected chi connectivity index (χ0v) is 20.0. The Morgan fingerprint density at radius 1 is 0.941 bits per heavy atom. The molecule has 0 unspecified atom stereocenters. The van der Waals surface area contributed by atoms with Crippen LogP contribution in [0.4, 0.5) is 4.79 Å². The van der Waals surface area contributed by atoms with E-state index in [1.54, 1.807) is 18.2 Å². The molecule has 0 bridgehead atoms. The zero-order valence-electron chi connectivity index (χ0n) is 20.0. The molecule has 34 heavy (non-hydrogen) atoms. The van der Waals surface area contributed by atoms with E-state index in [1.807, 2.05) is 6.07 Å². The van der Waals surface area contributed by atoms with Crippen molar-refractivity contribution in [2.75, 3.05) is 13.2 Å². The number of aryl methyl sites for hydroxylation is 1. The second-order valence-corrected chi connectivity index (χ2v) is 9.20. The molecule has 2 amide bonds. The minimum atomic E-state index is -0.919.